The molecule has 1 fully saturated rings. The van der Waals surface area contributed by atoms with Crippen molar-refractivity contribution in [2.75, 3.05) is 13.1 Å². The Bertz CT molecular complexity index is 230. The van der Waals surface area contributed by atoms with E-state index in [-0.39, 0.29) is 16.9 Å². The molecule has 1 aliphatic heterocycles. The van der Waals surface area contributed by atoms with E-state index in [1.807, 2.05) is 0 Å². The molecule has 1 atom stereocenters. The largest absolute Gasteiger partial charge is 0.351 e. The molecule has 0 bridgehead atoms. The first-order valence-electron chi connectivity index (χ1n) is 5.93. The lowest BCUT2D eigenvalue weighted by molar-refractivity contribution is -0.132. The minimum Gasteiger partial charge on any atom is -0.351 e. The molecule has 1 amide bonds. The van der Waals surface area contributed by atoms with Gasteiger partial charge in [0.1, 0.15) is 0 Å². The van der Waals surface area contributed by atoms with E-state index in [0.717, 1.165) is 32.4 Å². The van der Waals surface area contributed by atoms with Crippen molar-refractivity contribution in [3.05, 3.63) is 0 Å². The van der Waals surface area contributed by atoms with Crippen LogP contribution in [0.15, 0.2) is 0 Å². The van der Waals surface area contributed by atoms with E-state index in [1.165, 1.54) is 0 Å². The highest BCUT2D eigenvalue weighted by Crippen LogP contribution is 2.26. The van der Waals surface area contributed by atoms with Gasteiger partial charge in [-0.05, 0) is 46.6 Å². The lowest BCUT2D eigenvalue weighted by Gasteiger charge is -2.36. The summed E-state index contributed by atoms with van der Waals surface area (Å²) < 4.78 is 0. The summed E-state index contributed by atoms with van der Waals surface area (Å²) in [4.78, 5) is 12.1. The first-order chi connectivity index (χ1) is 6.90. The average Bonchev–Trinajstić information content (AvgIpc) is 2.18. The van der Waals surface area contributed by atoms with Crippen LogP contribution in [0.1, 0.15) is 47.0 Å². The van der Waals surface area contributed by atoms with E-state index in [2.05, 4.69) is 38.3 Å². The van der Waals surface area contributed by atoms with E-state index in [9.17, 15) is 4.79 Å². The van der Waals surface area contributed by atoms with Crippen molar-refractivity contribution in [2.24, 2.45) is 5.41 Å². The Labute approximate surface area is 93.0 Å². The van der Waals surface area contributed by atoms with Gasteiger partial charge in [0.25, 0.3) is 0 Å². The van der Waals surface area contributed by atoms with Gasteiger partial charge >= 0.3 is 0 Å². The third kappa shape index (κ3) is 3.20. The Morgan fingerprint density at radius 2 is 2.20 bits per heavy atom. The third-order valence-electron chi connectivity index (χ3n) is 3.48. The molecule has 88 valence electrons. The second-order valence-corrected chi connectivity index (χ2v) is 5.53. The van der Waals surface area contributed by atoms with Crippen LogP contribution in [-0.2, 0) is 4.79 Å². The standard InChI is InChI=1S/C12H24N2O/c1-5-11(2,3)14-10(15)12(4)7-6-8-13-9-12/h13H,5-9H2,1-4H3,(H,14,15). The summed E-state index contributed by atoms with van der Waals surface area (Å²) >= 11 is 0. The molecule has 0 aliphatic carbocycles. The molecule has 0 aromatic heterocycles. The maximum atomic E-state index is 12.1. The fraction of sp³-hybridized carbons (Fsp3) is 0.917. The molecule has 3 nitrogen and oxygen atoms in total. The summed E-state index contributed by atoms with van der Waals surface area (Å²) in [7, 11) is 0. The quantitative estimate of drug-likeness (QED) is 0.747. The molecule has 2 N–H and O–H groups in total. The molecule has 3 heteroatoms. The van der Waals surface area contributed by atoms with E-state index in [4.69, 9.17) is 0 Å². The highest BCUT2D eigenvalue weighted by molar-refractivity contribution is 5.83. The minimum atomic E-state index is -0.218. The smallest absolute Gasteiger partial charge is 0.227 e. The number of nitrogens with one attached hydrogen (secondary N) is 2. The Morgan fingerprint density at radius 1 is 1.53 bits per heavy atom. The fourth-order valence-corrected chi connectivity index (χ4v) is 1.80. The lowest BCUT2D eigenvalue weighted by Crippen LogP contribution is -2.54. The van der Waals surface area contributed by atoms with Gasteiger partial charge in [0.2, 0.25) is 5.91 Å². The molecule has 0 saturated carbocycles. The summed E-state index contributed by atoms with van der Waals surface area (Å²) in [5.74, 6) is 0.196. The summed E-state index contributed by atoms with van der Waals surface area (Å²) in [5, 5.41) is 6.44. The van der Waals surface area contributed by atoms with Crippen molar-refractivity contribution in [3.63, 3.8) is 0 Å². The van der Waals surface area contributed by atoms with E-state index in [1.54, 1.807) is 0 Å². The van der Waals surface area contributed by atoms with Gasteiger partial charge in [-0.1, -0.05) is 6.92 Å². The van der Waals surface area contributed by atoms with E-state index in [0.29, 0.717) is 0 Å². The van der Waals surface area contributed by atoms with Gasteiger partial charge in [0.15, 0.2) is 0 Å². The van der Waals surface area contributed by atoms with Crippen molar-refractivity contribution in [3.8, 4) is 0 Å². The van der Waals surface area contributed by atoms with Gasteiger partial charge in [-0.2, -0.15) is 0 Å². The first-order valence-corrected chi connectivity index (χ1v) is 5.93. The second kappa shape index (κ2) is 4.52. The molecule has 0 radical (unpaired) electrons. The van der Waals surface area contributed by atoms with Crippen LogP contribution in [0.25, 0.3) is 0 Å². The van der Waals surface area contributed by atoms with Gasteiger partial charge in [-0.15, -0.1) is 0 Å². The molecule has 1 aliphatic rings. The molecule has 0 aromatic rings. The third-order valence-corrected chi connectivity index (χ3v) is 3.48. The van der Waals surface area contributed by atoms with Crippen LogP contribution < -0.4 is 10.6 Å². The van der Waals surface area contributed by atoms with Crippen LogP contribution in [0.4, 0.5) is 0 Å². The van der Waals surface area contributed by atoms with Gasteiger partial charge in [-0.25, -0.2) is 0 Å². The molecule has 1 saturated heterocycles. The molecule has 0 spiro atoms. The van der Waals surface area contributed by atoms with Crippen molar-refractivity contribution in [1.29, 1.82) is 0 Å². The summed E-state index contributed by atoms with van der Waals surface area (Å²) in [6, 6.07) is 0. The SMILES string of the molecule is CCC(C)(C)NC(=O)C1(C)CCCNC1. The van der Waals surface area contributed by atoms with Gasteiger partial charge in [-0.3, -0.25) is 4.79 Å². The Kier molecular flexibility index (Phi) is 3.77. The highest BCUT2D eigenvalue weighted by Gasteiger charge is 2.36. The van der Waals surface area contributed by atoms with E-state index < -0.39 is 0 Å². The highest BCUT2D eigenvalue weighted by atomic mass is 16.2. The number of hydrogen-bond donors (Lipinski definition) is 2. The van der Waals surface area contributed by atoms with E-state index >= 15 is 0 Å². The average molecular weight is 212 g/mol. The number of hydrogen-bond acceptors (Lipinski definition) is 2. The number of rotatable bonds is 3. The van der Waals surface area contributed by atoms with Crippen LogP contribution in [0.5, 0.6) is 0 Å². The molecule has 15 heavy (non-hydrogen) atoms. The number of piperidine rings is 1. The molecule has 0 aromatic carbocycles. The summed E-state index contributed by atoms with van der Waals surface area (Å²) in [6.45, 7) is 10.1. The van der Waals surface area contributed by atoms with Crippen LogP contribution >= 0.6 is 0 Å². The molecule has 1 unspecified atom stereocenters. The van der Waals surface area contributed by atoms with Crippen molar-refractivity contribution < 1.29 is 4.79 Å². The zero-order chi connectivity index (χ0) is 11.5. The second-order valence-electron chi connectivity index (χ2n) is 5.53. The van der Waals surface area contributed by atoms with Crippen molar-refractivity contribution in [2.45, 2.75) is 52.5 Å². The first kappa shape index (κ1) is 12.5. The topological polar surface area (TPSA) is 41.1 Å². The van der Waals surface area contributed by atoms with Crippen molar-refractivity contribution >= 4 is 5.91 Å². The van der Waals surface area contributed by atoms with Crippen LogP contribution in [0.3, 0.4) is 0 Å². The fourth-order valence-electron chi connectivity index (χ4n) is 1.80. The Hall–Kier alpha value is -0.570. The van der Waals surface area contributed by atoms with Gasteiger partial charge in [0.05, 0.1) is 5.41 Å². The minimum absolute atomic E-state index is 0.0858. The summed E-state index contributed by atoms with van der Waals surface area (Å²) in [5.41, 5.74) is -0.303. The predicted octanol–water partition coefficient (Wildman–Crippen LogP) is 1.68. The molecule has 1 rings (SSSR count). The van der Waals surface area contributed by atoms with Crippen LogP contribution in [0.2, 0.25) is 0 Å². The Balaban J connectivity index is 2.59. The van der Waals surface area contributed by atoms with Crippen molar-refractivity contribution in [1.82, 2.24) is 10.6 Å². The van der Waals surface area contributed by atoms with Crippen LogP contribution in [0, 0.1) is 5.41 Å². The van der Waals surface area contributed by atoms with Gasteiger partial charge < -0.3 is 10.6 Å². The van der Waals surface area contributed by atoms with Gasteiger partial charge in [0, 0.05) is 12.1 Å². The zero-order valence-corrected chi connectivity index (χ0v) is 10.4. The maximum Gasteiger partial charge on any atom is 0.227 e. The molecule has 1 heterocycles. The zero-order valence-electron chi connectivity index (χ0n) is 10.4. The maximum absolute atomic E-state index is 12.1. The number of carbonyl (C=O) groups excluding carboxylic acids is 1. The monoisotopic (exact) mass is 212 g/mol. The normalized spacial score (nSPS) is 27.5. The molecular formula is C12H24N2O. The Morgan fingerprint density at radius 3 is 2.67 bits per heavy atom. The molecular weight excluding hydrogens is 188 g/mol. The predicted molar refractivity (Wildman–Crippen MR) is 62.7 cm³/mol. The summed E-state index contributed by atoms with van der Waals surface area (Å²) in [6.07, 6.45) is 3.05. The number of amides is 1. The lowest BCUT2D eigenvalue weighted by atomic mass is 9.81. The van der Waals surface area contributed by atoms with Crippen LogP contribution in [-0.4, -0.2) is 24.5 Å². The number of carbonyl (C=O) groups is 1.